The molecule has 0 unspecified atom stereocenters. The third-order valence-corrected chi connectivity index (χ3v) is 4.18. The minimum Gasteiger partial charge on any atom is -0.321 e. The zero-order chi connectivity index (χ0) is 13.1. The van der Waals surface area contributed by atoms with E-state index in [1.54, 1.807) is 12.1 Å². The van der Waals surface area contributed by atoms with Gasteiger partial charge in [-0.25, -0.2) is 0 Å². The number of halogens is 1. The molecule has 1 N–H and O–H groups in total. The summed E-state index contributed by atoms with van der Waals surface area (Å²) in [5.41, 5.74) is 0.748. The zero-order valence-corrected chi connectivity index (χ0v) is 12.5. The van der Waals surface area contributed by atoms with Gasteiger partial charge < -0.3 is 5.32 Å². The smallest absolute Gasteiger partial charge is 0.265 e. The van der Waals surface area contributed by atoms with Crippen LogP contribution in [0.15, 0.2) is 36.4 Å². The number of Topliss-reactive ketones (excluding diaryl/α,β-unsaturated/α-hetero) is 1. The molecule has 0 spiro atoms. The summed E-state index contributed by atoms with van der Waals surface area (Å²) in [6, 6.07) is 10.9. The van der Waals surface area contributed by atoms with Crippen LogP contribution < -0.4 is 5.32 Å². The largest absolute Gasteiger partial charge is 0.321 e. The molecule has 1 heterocycles. The highest BCUT2D eigenvalue weighted by atomic mass is 127. The summed E-state index contributed by atoms with van der Waals surface area (Å²) in [6.07, 6.45) is 0. The fourth-order valence-electron chi connectivity index (χ4n) is 1.38. The van der Waals surface area contributed by atoms with Crippen LogP contribution in [0.4, 0.5) is 5.69 Å². The fourth-order valence-corrected chi connectivity index (χ4v) is 2.53. The first-order valence-electron chi connectivity index (χ1n) is 5.24. The molecule has 0 aliphatic carbocycles. The number of anilines is 1. The van der Waals surface area contributed by atoms with Crippen LogP contribution >= 0.6 is 33.9 Å². The average Bonchev–Trinajstić information content (AvgIpc) is 2.81. The Kier molecular flexibility index (Phi) is 4.13. The summed E-state index contributed by atoms with van der Waals surface area (Å²) in [7, 11) is 0. The van der Waals surface area contributed by atoms with E-state index < -0.39 is 0 Å². The molecule has 0 saturated heterocycles. The second-order valence-electron chi connectivity index (χ2n) is 3.68. The Morgan fingerprint density at radius 3 is 2.22 bits per heavy atom. The van der Waals surface area contributed by atoms with Gasteiger partial charge in [-0.2, -0.15) is 0 Å². The van der Waals surface area contributed by atoms with Crippen molar-refractivity contribution in [3.05, 3.63) is 49.7 Å². The summed E-state index contributed by atoms with van der Waals surface area (Å²) in [6.45, 7) is 1.49. The Labute approximate surface area is 122 Å². The van der Waals surface area contributed by atoms with Crippen LogP contribution in [-0.4, -0.2) is 11.7 Å². The molecule has 2 aromatic rings. The van der Waals surface area contributed by atoms with Crippen LogP contribution in [0.5, 0.6) is 0 Å². The average molecular weight is 371 g/mol. The highest BCUT2D eigenvalue weighted by molar-refractivity contribution is 14.1. The van der Waals surface area contributed by atoms with Crippen molar-refractivity contribution in [1.82, 2.24) is 0 Å². The second-order valence-corrected chi connectivity index (χ2v) is 6.01. The molecule has 3 nitrogen and oxygen atoms in total. The van der Waals surface area contributed by atoms with Crippen molar-refractivity contribution >= 4 is 51.3 Å². The van der Waals surface area contributed by atoms with Crippen LogP contribution in [0.2, 0.25) is 0 Å². The number of hydrogen-bond donors (Lipinski definition) is 1. The van der Waals surface area contributed by atoms with Gasteiger partial charge in [0.2, 0.25) is 0 Å². The van der Waals surface area contributed by atoms with Gasteiger partial charge in [0.1, 0.15) is 0 Å². The lowest BCUT2D eigenvalue weighted by atomic mass is 10.3. The molecule has 1 aromatic heterocycles. The molecule has 0 aliphatic rings. The molecule has 0 saturated carbocycles. The highest BCUT2D eigenvalue weighted by Crippen LogP contribution is 2.19. The number of carbonyl (C=O) groups excluding carboxylic acids is 2. The van der Waals surface area contributed by atoms with Crippen LogP contribution in [0, 0.1) is 3.57 Å². The van der Waals surface area contributed by atoms with Crippen LogP contribution in [-0.2, 0) is 0 Å². The molecule has 1 aromatic carbocycles. The van der Waals surface area contributed by atoms with Crippen molar-refractivity contribution in [2.24, 2.45) is 0 Å². The Morgan fingerprint density at radius 1 is 1.06 bits per heavy atom. The molecule has 2 rings (SSSR count). The molecular weight excluding hydrogens is 361 g/mol. The standard InChI is InChI=1S/C13H10INO2S/c1-8(16)11-6-7-12(18-11)13(17)15-10-4-2-9(14)3-5-10/h2-7H,1H3,(H,15,17). The number of ketones is 1. The number of rotatable bonds is 3. The van der Waals surface area contributed by atoms with Crippen molar-refractivity contribution in [1.29, 1.82) is 0 Å². The Morgan fingerprint density at radius 2 is 1.67 bits per heavy atom. The quantitative estimate of drug-likeness (QED) is 0.659. The molecule has 0 atom stereocenters. The SMILES string of the molecule is CC(=O)c1ccc(C(=O)Nc2ccc(I)cc2)s1. The summed E-state index contributed by atoms with van der Waals surface area (Å²) in [5, 5.41) is 2.79. The molecule has 0 aliphatic heterocycles. The van der Waals surface area contributed by atoms with E-state index in [4.69, 9.17) is 0 Å². The Bertz CT molecular complexity index is 589. The van der Waals surface area contributed by atoms with Gasteiger partial charge in [0.15, 0.2) is 5.78 Å². The van der Waals surface area contributed by atoms with Gasteiger partial charge in [-0.05, 0) is 65.9 Å². The fraction of sp³-hybridized carbons (Fsp3) is 0.0769. The second kappa shape index (κ2) is 5.62. The van der Waals surface area contributed by atoms with Crippen molar-refractivity contribution in [3.8, 4) is 0 Å². The van der Waals surface area contributed by atoms with E-state index in [9.17, 15) is 9.59 Å². The predicted molar refractivity (Wildman–Crippen MR) is 81.4 cm³/mol. The number of amides is 1. The van der Waals surface area contributed by atoms with E-state index in [2.05, 4.69) is 27.9 Å². The van der Waals surface area contributed by atoms with Gasteiger partial charge in [0.05, 0.1) is 9.75 Å². The van der Waals surface area contributed by atoms with Gasteiger partial charge in [-0.15, -0.1) is 11.3 Å². The number of hydrogen-bond acceptors (Lipinski definition) is 3. The summed E-state index contributed by atoms with van der Waals surface area (Å²) < 4.78 is 1.11. The predicted octanol–water partition coefficient (Wildman–Crippen LogP) is 3.81. The molecule has 5 heteroatoms. The minimum absolute atomic E-state index is 0.0201. The number of benzene rings is 1. The normalized spacial score (nSPS) is 10.1. The van der Waals surface area contributed by atoms with Crippen LogP contribution in [0.1, 0.15) is 26.3 Å². The van der Waals surface area contributed by atoms with Crippen molar-refractivity contribution in [2.45, 2.75) is 6.92 Å². The molecule has 1 amide bonds. The maximum absolute atomic E-state index is 11.9. The molecule has 0 bridgehead atoms. The molecule has 0 fully saturated rings. The lowest BCUT2D eigenvalue weighted by Gasteiger charge is -2.03. The first-order chi connectivity index (χ1) is 8.56. The molecule has 92 valence electrons. The van der Waals surface area contributed by atoms with E-state index in [0.29, 0.717) is 9.75 Å². The zero-order valence-electron chi connectivity index (χ0n) is 9.57. The van der Waals surface area contributed by atoms with E-state index in [0.717, 1.165) is 9.26 Å². The third-order valence-electron chi connectivity index (χ3n) is 2.28. The Hall–Kier alpha value is -1.21. The highest BCUT2D eigenvalue weighted by Gasteiger charge is 2.11. The number of thiophene rings is 1. The summed E-state index contributed by atoms with van der Waals surface area (Å²) >= 11 is 3.41. The van der Waals surface area contributed by atoms with Gasteiger partial charge in [-0.1, -0.05) is 0 Å². The first-order valence-corrected chi connectivity index (χ1v) is 7.13. The van der Waals surface area contributed by atoms with Crippen molar-refractivity contribution in [2.75, 3.05) is 5.32 Å². The number of nitrogens with one attached hydrogen (secondary N) is 1. The summed E-state index contributed by atoms with van der Waals surface area (Å²) in [5.74, 6) is -0.206. The van der Waals surface area contributed by atoms with Crippen molar-refractivity contribution in [3.63, 3.8) is 0 Å². The van der Waals surface area contributed by atoms with E-state index >= 15 is 0 Å². The van der Waals surface area contributed by atoms with E-state index in [1.807, 2.05) is 24.3 Å². The van der Waals surface area contributed by atoms with Crippen LogP contribution in [0.3, 0.4) is 0 Å². The van der Waals surface area contributed by atoms with Gasteiger partial charge in [0, 0.05) is 9.26 Å². The maximum atomic E-state index is 11.9. The molecule has 0 radical (unpaired) electrons. The van der Waals surface area contributed by atoms with Gasteiger partial charge >= 0.3 is 0 Å². The van der Waals surface area contributed by atoms with Crippen LogP contribution in [0.25, 0.3) is 0 Å². The third kappa shape index (κ3) is 3.17. The minimum atomic E-state index is -0.186. The maximum Gasteiger partial charge on any atom is 0.265 e. The van der Waals surface area contributed by atoms with Gasteiger partial charge in [-0.3, -0.25) is 9.59 Å². The van der Waals surface area contributed by atoms with Crippen molar-refractivity contribution < 1.29 is 9.59 Å². The summed E-state index contributed by atoms with van der Waals surface area (Å²) in [4.78, 5) is 24.2. The van der Waals surface area contributed by atoms with E-state index in [1.165, 1.54) is 18.3 Å². The molecular formula is C13H10INO2S. The lowest BCUT2D eigenvalue weighted by Crippen LogP contribution is -2.09. The van der Waals surface area contributed by atoms with E-state index in [-0.39, 0.29) is 11.7 Å². The lowest BCUT2D eigenvalue weighted by molar-refractivity contribution is 0.101. The Balaban J connectivity index is 2.11. The topological polar surface area (TPSA) is 46.2 Å². The molecule has 18 heavy (non-hydrogen) atoms. The van der Waals surface area contributed by atoms with Gasteiger partial charge in [0.25, 0.3) is 5.91 Å². The number of carbonyl (C=O) groups is 2. The first kappa shape index (κ1) is 13.2. The monoisotopic (exact) mass is 371 g/mol.